The highest BCUT2D eigenvalue weighted by Crippen LogP contribution is 2.30. The normalized spacial score (nSPS) is 13.7. The molecule has 0 aliphatic rings. The molecule has 1 atom stereocenters. The molecule has 21 heavy (non-hydrogen) atoms. The summed E-state index contributed by atoms with van der Waals surface area (Å²) < 4.78 is 38.3. The maximum Gasteiger partial charge on any atom is 0.416 e. The van der Waals surface area contributed by atoms with Crippen molar-refractivity contribution in [3.8, 4) is 0 Å². The van der Waals surface area contributed by atoms with Gasteiger partial charge in [0.25, 0.3) is 0 Å². The smallest absolute Gasteiger partial charge is 0.314 e. The molecule has 1 aromatic carbocycles. The van der Waals surface area contributed by atoms with E-state index < -0.39 is 11.7 Å². The summed E-state index contributed by atoms with van der Waals surface area (Å²) in [6, 6.07) is 5.93. The monoisotopic (exact) mass is 301 g/mol. The summed E-state index contributed by atoms with van der Waals surface area (Å²) >= 11 is 0. The molecule has 0 heterocycles. The van der Waals surface area contributed by atoms with Crippen LogP contribution in [0.25, 0.3) is 0 Å². The fourth-order valence-electron chi connectivity index (χ4n) is 2.71. The zero-order valence-corrected chi connectivity index (χ0v) is 13.1. The van der Waals surface area contributed by atoms with Gasteiger partial charge in [0.15, 0.2) is 0 Å². The molecular weight excluding hydrogens is 275 g/mol. The van der Waals surface area contributed by atoms with Gasteiger partial charge in [0.05, 0.1) is 5.56 Å². The molecule has 120 valence electrons. The summed E-state index contributed by atoms with van der Waals surface area (Å²) in [4.78, 5) is 0. The van der Waals surface area contributed by atoms with Gasteiger partial charge in [-0.15, -0.1) is 0 Å². The van der Waals surface area contributed by atoms with Crippen LogP contribution in [-0.2, 0) is 12.6 Å². The number of halogens is 3. The van der Waals surface area contributed by atoms with Gasteiger partial charge in [-0.25, -0.2) is 0 Å². The lowest BCUT2D eigenvalue weighted by Crippen LogP contribution is -2.33. The Balaban J connectivity index is 2.79. The molecule has 0 aromatic heterocycles. The van der Waals surface area contributed by atoms with Crippen molar-refractivity contribution in [3.63, 3.8) is 0 Å². The third-order valence-electron chi connectivity index (χ3n) is 4.00. The first-order valence-corrected chi connectivity index (χ1v) is 7.80. The van der Waals surface area contributed by atoms with Gasteiger partial charge in [0, 0.05) is 6.04 Å². The van der Waals surface area contributed by atoms with E-state index in [9.17, 15) is 13.2 Å². The maximum atomic E-state index is 12.8. The van der Waals surface area contributed by atoms with Crippen LogP contribution in [0.1, 0.15) is 51.2 Å². The molecule has 0 amide bonds. The lowest BCUT2D eigenvalue weighted by atomic mass is 9.91. The Morgan fingerprint density at radius 2 is 1.76 bits per heavy atom. The van der Waals surface area contributed by atoms with Crippen molar-refractivity contribution in [3.05, 3.63) is 35.4 Å². The van der Waals surface area contributed by atoms with Crippen LogP contribution in [0.2, 0.25) is 0 Å². The van der Waals surface area contributed by atoms with Crippen molar-refractivity contribution in [2.75, 3.05) is 6.54 Å². The van der Waals surface area contributed by atoms with Gasteiger partial charge in [-0.1, -0.05) is 51.8 Å². The molecule has 0 bridgehead atoms. The van der Waals surface area contributed by atoms with Gasteiger partial charge in [-0.2, -0.15) is 13.2 Å². The highest BCUT2D eigenvalue weighted by molar-refractivity contribution is 5.26. The van der Waals surface area contributed by atoms with E-state index in [0.29, 0.717) is 12.3 Å². The Morgan fingerprint density at radius 3 is 2.29 bits per heavy atom. The van der Waals surface area contributed by atoms with E-state index in [2.05, 4.69) is 19.2 Å². The van der Waals surface area contributed by atoms with Crippen molar-refractivity contribution >= 4 is 0 Å². The topological polar surface area (TPSA) is 12.0 Å². The van der Waals surface area contributed by atoms with Crippen LogP contribution >= 0.6 is 0 Å². The van der Waals surface area contributed by atoms with Crippen LogP contribution in [0.5, 0.6) is 0 Å². The third kappa shape index (κ3) is 6.08. The van der Waals surface area contributed by atoms with E-state index in [4.69, 9.17) is 0 Å². The molecule has 1 nitrogen and oxygen atoms in total. The van der Waals surface area contributed by atoms with Crippen molar-refractivity contribution in [2.24, 2.45) is 5.92 Å². The minimum Gasteiger partial charge on any atom is -0.314 e. The van der Waals surface area contributed by atoms with Gasteiger partial charge < -0.3 is 5.32 Å². The Hall–Kier alpha value is -1.03. The number of hydrogen-bond donors (Lipinski definition) is 1. The lowest BCUT2D eigenvalue weighted by molar-refractivity contribution is -0.137. The molecule has 0 aliphatic carbocycles. The van der Waals surface area contributed by atoms with Gasteiger partial charge in [-0.05, 0) is 36.9 Å². The first-order chi connectivity index (χ1) is 9.90. The highest BCUT2D eigenvalue weighted by Gasteiger charge is 2.30. The maximum absolute atomic E-state index is 12.8. The van der Waals surface area contributed by atoms with Gasteiger partial charge in [0.2, 0.25) is 0 Å². The molecule has 0 aliphatic heterocycles. The SMILES string of the molecule is CCNC(Cc1cccc(C(F)(F)F)c1)CC(CC)CC. The van der Waals surface area contributed by atoms with E-state index >= 15 is 0 Å². The predicted molar refractivity (Wildman–Crippen MR) is 81.3 cm³/mol. The molecule has 0 radical (unpaired) electrons. The Labute approximate surface area is 125 Å². The highest BCUT2D eigenvalue weighted by atomic mass is 19.4. The first-order valence-electron chi connectivity index (χ1n) is 7.80. The Morgan fingerprint density at radius 1 is 1.10 bits per heavy atom. The molecule has 1 rings (SSSR count). The fourth-order valence-corrected chi connectivity index (χ4v) is 2.71. The van der Waals surface area contributed by atoms with Crippen molar-refractivity contribution in [1.82, 2.24) is 5.32 Å². The summed E-state index contributed by atoms with van der Waals surface area (Å²) in [7, 11) is 0. The van der Waals surface area contributed by atoms with E-state index in [1.54, 1.807) is 6.07 Å². The van der Waals surface area contributed by atoms with Crippen LogP contribution < -0.4 is 5.32 Å². The average molecular weight is 301 g/mol. The molecule has 0 fully saturated rings. The fraction of sp³-hybridized carbons (Fsp3) is 0.647. The van der Waals surface area contributed by atoms with E-state index in [-0.39, 0.29) is 6.04 Å². The van der Waals surface area contributed by atoms with Gasteiger partial charge >= 0.3 is 6.18 Å². The van der Waals surface area contributed by atoms with Crippen LogP contribution in [0, 0.1) is 5.92 Å². The van der Waals surface area contributed by atoms with Crippen LogP contribution in [0.15, 0.2) is 24.3 Å². The van der Waals surface area contributed by atoms with E-state index in [1.165, 1.54) is 12.1 Å². The van der Waals surface area contributed by atoms with E-state index in [0.717, 1.165) is 37.4 Å². The molecule has 1 unspecified atom stereocenters. The average Bonchev–Trinajstić information content (AvgIpc) is 2.44. The van der Waals surface area contributed by atoms with Gasteiger partial charge in [0.1, 0.15) is 0 Å². The lowest BCUT2D eigenvalue weighted by Gasteiger charge is -2.23. The minimum absolute atomic E-state index is 0.239. The summed E-state index contributed by atoms with van der Waals surface area (Å²) in [5.74, 6) is 0.625. The molecule has 4 heteroatoms. The van der Waals surface area contributed by atoms with Crippen LogP contribution in [0.4, 0.5) is 13.2 Å². The van der Waals surface area contributed by atoms with Crippen molar-refractivity contribution in [1.29, 1.82) is 0 Å². The summed E-state index contributed by atoms with van der Waals surface area (Å²) in [5.41, 5.74) is 0.194. The van der Waals surface area contributed by atoms with Gasteiger partial charge in [-0.3, -0.25) is 0 Å². The third-order valence-corrected chi connectivity index (χ3v) is 4.00. The second-order valence-corrected chi connectivity index (χ2v) is 5.58. The number of rotatable bonds is 8. The summed E-state index contributed by atoms with van der Waals surface area (Å²) in [5, 5.41) is 3.41. The minimum atomic E-state index is -4.26. The molecule has 0 saturated carbocycles. The quantitative estimate of drug-likeness (QED) is 0.708. The van der Waals surface area contributed by atoms with Crippen LogP contribution in [-0.4, -0.2) is 12.6 Å². The Bertz CT molecular complexity index is 411. The Kier molecular flexibility index (Phi) is 7.23. The molecule has 0 spiro atoms. The standard InChI is InChI=1S/C17H26F3N/c1-4-13(5-2)11-16(21-6-3)12-14-8-7-9-15(10-14)17(18,19)20/h7-10,13,16,21H,4-6,11-12H2,1-3H3. The zero-order chi connectivity index (χ0) is 15.9. The second-order valence-electron chi connectivity index (χ2n) is 5.58. The second kappa shape index (κ2) is 8.42. The summed E-state index contributed by atoms with van der Waals surface area (Å²) in [6.45, 7) is 7.21. The molecular formula is C17H26F3N. The van der Waals surface area contributed by atoms with Crippen molar-refractivity contribution < 1.29 is 13.2 Å². The number of hydrogen-bond acceptors (Lipinski definition) is 1. The van der Waals surface area contributed by atoms with E-state index in [1.807, 2.05) is 6.92 Å². The van der Waals surface area contributed by atoms with Crippen molar-refractivity contribution in [2.45, 2.75) is 58.7 Å². The largest absolute Gasteiger partial charge is 0.416 e. The number of alkyl halides is 3. The predicted octanol–water partition coefficient (Wildman–Crippen LogP) is 5.05. The number of benzene rings is 1. The molecule has 1 N–H and O–H groups in total. The molecule has 1 aromatic rings. The summed E-state index contributed by atoms with van der Waals surface area (Å²) in [6.07, 6.45) is -0.383. The number of likely N-dealkylation sites (N-methyl/N-ethyl adjacent to an activating group) is 1. The first kappa shape index (κ1) is 18.0. The van der Waals surface area contributed by atoms with Crippen LogP contribution in [0.3, 0.4) is 0 Å². The number of nitrogens with one attached hydrogen (secondary N) is 1. The molecule has 0 saturated heterocycles. The zero-order valence-electron chi connectivity index (χ0n) is 13.1.